The number of hydrogen-bond donors (Lipinski definition) is 0. The summed E-state index contributed by atoms with van der Waals surface area (Å²) < 4.78 is 11.9. The van der Waals surface area contributed by atoms with E-state index in [1.54, 1.807) is 36.4 Å². The van der Waals surface area contributed by atoms with Gasteiger partial charge in [0.15, 0.2) is 0 Å². The SMILES string of the molecule is C=CCOc1ccc(C2(c3ccc(OCC=C)c(N4C(=O)C=CC4=O)c3)c3ccccc3-c3ccccc32)cc1N1C(=O)C=CC1=O. The lowest BCUT2D eigenvalue weighted by molar-refractivity contribution is -0.121. The summed E-state index contributed by atoms with van der Waals surface area (Å²) in [6.45, 7) is 7.79. The Morgan fingerprint density at radius 2 is 0.936 bits per heavy atom. The van der Waals surface area contributed by atoms with Gasteiger partial charge in [0, 0.05) is 24.3 Å². The number of ether oxygens (including phenoxy) is 2. The van der Waals surface area contributed by atoms with E-state index in [1.807, 2.05) is 48.5 Å². The predicted molar refractivity (Wildman–Crippen MR) is 178 cm³/mol. The first-order valence-corrected chi connectivity index (χ1v) is 15.0. The first kappa shape index (κ1) is 29.4. The van der Waals surface area contributed by atoms with Crippen molar-refractivity contribution < 1.29 is 28.7 Å². The van der Waals surface area contributed by atoms with Crippen LogP contribution < -0.4 is 19.3 Å². The molecule has 4 aromatic carbocycles. The van der Waals surface area contributed by atoms with Gasteiger partial charge in [0.2, 0.25) is 0 Å². The van der Waals surface area contributed by atoms with E-state index in [4.69, 9.17) is 9.47 Å². The number of nitrogens with zero attached hydrogens (tertiary/aromatic N) is 2. The van der Waals surface area contributed by atoms with E-state index < -0.39 is 29.0 Å². The minimum atomic E-state index is -1.02. The third-order valence-electron chi connectivity index (χ3n) is 8.55. The number of hydrogen-bond acceptors (Lipinski definition) is 6. The molecule has 2 heterocycles. The van der Waals surface area contributed by atoms with E-state index >= 15 is 0 Å². The molecule has 2 aliphatic heterocycles. The van der Waals surface area contributed by atoms with Crippen molar-refractivity contribution in [2.24, 2.45) is 0 Å². The molecule has 230 valence electrons. The summed E-state index contributed by atoms with van der Waals surface area (Å²) in [5, 5.41) is 0. The Kier molecular flexibility index (Phi) is 7.25. The van der Waals surface area contributed by atoms with Crippen LogP contribution in [-0.2, 0) is 24.6 Å². The molecule has 47 heavy (non-hydrogen) atoms. The number of anilines is 2. The second kappa shape index (κ2) is 11.6. The Balaban J connectivity index is 1.55. The lowest BCUT2D eigenvalue weighted by atomic mass is 9.67. The fourth-order valence-electron chi connectivity index (χ4n) is 6.69. The topological polar surface area (TPSA) is 93.2 Å². The van der Waals surface area contributed by atoms with E-state index in [2.05, 4.69) is 25.3 Å². The molecule has 0 spiro atoms. The molecule has 4 amide bonds. The highest BCUT2D eigenvalue weighted by atomic mass is 16.5. The lowest BCUT2D eigenvalue weighted by Gasteiger charge is -2.35. The molecule has 0 aromatic heterocycles. The minimum absolute atomic E-state index is 0.161. The Labute approximate surface area is 271 Å². The molecule has 0 atom stereocenters. The Hall–Kier alpha value is -6.28. The standard InChI is InChI=1S/C39H28N2O6/c1-3-21-46-33-15-13-25(23-31(33)40-35(42)17-18-36(40)43)39(29-11-7-5-9-27(29)28-10-6-8-12-30(28)39)26-14-16-34(47-22-4-2)32(24-26)41-37(44)19-20-38(41)45/h3-20,23-24H,1-2,21-22H2. The summed E-state index contributed by atoms with van der Waals surface area (Å²) in [5.41, 5.74) is 4.86. The summed E-state index contributed by atoms with van der Waals surface area (Å²) in [5.74, 6) is -1.27. The maximum atomic E-state index is 13.0. The fraction of sp³-hybridized carbons (Fsp3) is 0.0769. The molecule has 0 bridgehead atoms. The number of imide groups is 2. The first-order valence-electron chi connectivity index (χ1n) is 15.0. The van der Waals surface area contributed by atoms with Crippen LogP contribution in [0.25, 0.3) is 11.1 Å². The van der Waals surface area contributed by atoms with E-state index in [0.29, 0.717) is 11.5 Å². The van der Waals surface area contributed by atoms with Crippen LogP contribution in [0.1, 0.15) is 22.3 Å². The molecule has 8 heteroatoms. The van der Waals surface area contributed by atoms with Crippen LogP contribution in [0.4, 0.5) is 11.4 Å². The third kappa shape index (κ3) is 4.53. The average Bonchev–Trinajstić information content (AvgIpc) is 3.72. The predicted octanol–water partition coefficient (Wildman–Crippen LogP) is 6.04. The Morgan fingerprint density at radius 3 is 1.32 bits per heavy atom. The van der Waals surface area contributed by atoms with Crippen molar-refractivity contribution in [2.45, 2.75) is 5.41 Å². The van der Waals surface area contributed by atoms with Crippen molar-refractivity contribution in [2.75, 3.05) is 23.0 Å². The molecule has 3 aliphatic rings. The maximum Gasteiger partial charge on any atom is 0.258 e. The van der Waals surface area contributed by atoms with Gasteiger partial charge >= 0.3 is 0 Å². The molecular formula is C39H28N2O6. The number of carbonyl (C=O) groups is 4. The quantitative estimate of drug-likeness (QED) is 0.140. The van der Waals surface area contributed by atoms with Gasteiger partial charge in [-0.05, 0) is 57.6 Å². The number of rotatable bonds is 10. The lowest BCUT2D eigenvalue weighted by Crippen LogP contribution is -2.33. The zero-order valence-electron chi connectivity index (χ0n) is 25.2. The second-order valence-electron chi connectivity index (χ2n) is 11.1. The first-order chi connectivity index (χ1) is 22.9. The van der Waals surface area contributed by atoms with Gasteiger partial charge in [-0.25, -0.2) is 9.80 Å². The van der Waals surface area contributed by atoms with Gasteiger partial charge in [0.25, 0.3) is 23.6 Å². The maximum absolute atomic E-state index is 13.0. The van der Waals surface area contributed by atoms with Gasteiger partial charge in [-0.15, -0.1) is 0 Å². The van der Waals surface area contributed by atoms with Crippen LogP contribution in [0.2, 0.25) is 0 Å². The molecule has 8 nitrogen and oxygen atoms in total. The monoisotopic (exact) mass is 620 g/mol. The minimum Gasteiger partial charge on any atom is -0.487 e. The van der Waals surface area contributed by atoms with Gasteiger partial charge in [0.05, 0.1) is 16.8 Å². The van der Waals surface area contributed by atoms with Crippen molar-refractivity contribution in [1.82, 2.24) is 0 Å². The smallest absolute Gasteiger partial charge is 0.258 e. The summed E-state index contributed by atoms with van der Waals surface area (Å²) in [6.07, 6.45) is 8.09. The summed E-state index contributed by atoms with van der Waals surface area (Å²) in [4.78, 5) is 54.2. The van der Waals surface area contributed by atoms with E-state index in [9.17, 15) is 19.2 Å². The molecule has 7 rings (SSSR count). The van der Waals surface area contributed by atoms with Crippen LogP contribution in [0, 0.1) is 0 Å². The molecule has 0 radical (unpaired) electrons. The summed E-state index contributed by atoms with van der Waals surface area (Å²) in [6, 6.07) is 27.0. The van der Waals surface area contributed by atoms with Gasteiger partial charge in [-0.2, -0.15) is 0 Å². The molecule has 0 unspecified atom stereocenters. The molecule has 0 saturated carbocycles. The van der Waals surface area contributed by atoms with Gasteiger partial charge in [-0.1, -0.05) is 86.0 Å². The summed E-state index contributed by atoms with van der Waals surface area (Å²) >= 11 is 0. The highest BCUT2D eigenvalue weighted by molar-refractivity contribution is 6.29. The summed E-state index contributed by atoms with van der Waals surface area (Å²) in [7, 11) is 0. The Morgan fingerprint density at radius 1 is 0.553 bits per heavy atom. The van der Waals surface area contributed by atoms with Gasteiger partial charge in [0.1, 0.15) is 24.7 Å². The normalized spacial score (nSPS) is 15.7. The van der Waals surface area contributed by atoms with Crippen LogP contribution >= 0.6 is 0 Å². The third-order valence-corrected chi connectivity index (χ3v) is 8.55. The van der Waals surface area contributed by atoms with Crippen LogP contribution in [0.15, 0.2) is 135 Å². The number of fused-ring (bicyclic) bond motifs is 3. The van der Waals surface area contributed by atoms with Crippen molar-refractivity contribution in [3.8, 4) is 22.6 Å². The Bertz CT molecular complexity index is 1910. The molecule has 1 aliphatic carbocycles. The molecule has 0 N–H and O–H groups in total. The van der Waals surface area contributed by atoms with Gasteiger partial charge in [-0.3, -0.25) is 19.2 Å². The van der Waals surface area contributed by atoms with Crippen LogP contribution in [0.3, 0.4) is 0 Å². The number of carbonyl (C=O) groups excluding carboxylic acids is 4. The number of benzene rings is 4. The van der Waals surface area contributed by atoms with Crippen molar-refractivity contribution in [1.29, 1.82) is 0 Å². The zero-order chi connectivity index (χ0) is 32.7. The van der Waals surface area contributed by atoms with E-state index in [0.717, 1.165) is 43.2 Å². The van der Waals surface area contributed by atoms with Crippen molar-refractivity contribution in [3.05, 3.63) is 157 Å². The van der Waals surface area contributed by atoms with Crippen LogP contribution in [0.5, 0.6) is 11.5 Å². The molecule has 0 fully saturated rings. The molecule has 4 aromatic rings. The average molecular weight is 621 g/mol. The van der Waals surface area contributed by atoms with E-state index in [1.165, 1.54) is 24.3 Å². The van der Waals surface area contributed by atoms with Crippen LogP contribution in [-0.4, -0.2) is 36.8 Å². The highest BCUT2D eigenvalue weighted by Gasteiger charge is 2.47. The second-order valence-corrected chi connectivity index (χ2v) is 11.1. The molecular weight excluding hydrogens is 592 g/mol. The van der Waals surface area contributed by atoms with E-state index in [-0.39, 0.29) is 24.6 Å². The zero-order valence-corrected chi connectivity index (χ0v) is 25.2. The van der Waals surface area contributed by atoms with Gasteiger partial charge < -0.3 is 9.47 Å². The highest BCUT2D eigenvalue weighted by Crippen LogP contribution is 2.57. The number of amides is 4. The largest absolute Gasteiger partial charge is 0.487 e. The molecule has 0 saturated heterocycles. The van der Waals surface area contributed by atoms with Crippen molar-refractivity contribution in [3.63, 3.8) is 0 Å². The van der Waals surface area contributed by atoms with Crippen molar-refractivity contribution >= 4 is 35.0 Å². The fourth-order valence-corrected chi connectivity index (χ4v) is 6.69.